The van der Waals surface area contributed by atoms with E-state index in [0.717, 1.165) is 6.07 Å². The minimum atomic E-state index is -5.17. The van der Waals surface area contributed by atoms with Crippen LogP contribution in [-0.4, -0.2) is 55.0 Å². The summed E-state index contributed by atoms with van der Waals surface area (Å²) in [6.07, 6.45) is 0. The lowest BCUT2D eigenvalue weighted by Gasteiger charge is -2.22. The zero-order valence-corrected chi connectivity index (χ0v) is 19.2. The van der Waals surface area contributed by atoms with Crippen molar-refractivity contribution >= 4 is 66.7 Å². The molecule has 4 rings (SSSR count). The Morgan fingerprint density at radius 3 is 1.41 bits per heavy atom. The highest BCUT2D eigenvalue weighted by Crippen LogP contribution is 2.41. The summed E-state index contributed by atoms with van der Waals surface area (Å²) in [6, 6.07) is 14.9. The standard InChI is InChI=1S/C21H18B2O9S2/c1-22(24)16-10-12-6-2-4-8-14(12)18(20(16)33(27,28)29)19-15-9-5-3-7-13(15)11-17(23(25)26)21(19)34(30,31)32/h2-11,24-26H,1H3,(H,27,28,29)(H,30,31,32). The molecule has 5 N–H and O–H groups in total. The van der Waals surface area contributed by atoms with Gasteiger partial charge in [0.1, 0.15) is 4.90 Å². The molecule has 4 aromatic rings. The summed E-state index contributed by atoms with van der Waals surface area (Å²) in [5, 5.41) is 31.3. The van der Waals surface area contributed by atoms with Gasteiger partial charge in [-0.15, -0.1) is 0 Å². The van der Waals surface area contributed by atoms with Gasteiger partial charge in [0.25, 0.3) is 20.2 Å². The van der Waals surface area contributed by atoms with Crippen molar-refractivity contribution in [3.63, 3.8) is 0 Å². The lowest BCUT2D eigenvalue weighted by atomic mass is 9.63. The molecule has 13 heteroatoms. The first-order valence-corrected chi connectivity index (χ1v) is 12.8. The first-order valence-electron chi connectivity index (χ1n) is 9.93. The Morgan fingerprint density at radius 1 is 0.647 bits per heavy atom. The van der Waals surface area contributed by atoms with Gasteiger partial charge in [0, 0.05) is 16.6 Å². The Hall–Kier alpha value is -2.77. The Labute approximate surface area is 196 Å². The topological polar surface area (TPSA) is 169 Å². The third kappa shape index (κ3) is 4.12. The second kappa shape index (κ2) is 8.47. The average molecular weight is 500 g/mol. The molecule has 0 amide bonds. The van der Waals surface area contributed by atoms with E-state index in [1.165, 1.54) is 31.1 Å². The van der Waals surface area contributed by atoms with Gasteiger partial charge < -0.3 is 15.1 Å². The van der Waals surface area contributed by atoms with E-state index in [-0.39, 0.29) is 27.4 Å². The molecule has 0 heterocycles. The molecule has 0 saturated carbocycles. The lowest BCUT2D eigenvalue weighted by Crippen LogP contribution is -2.36. The fraction of sp³-hybridized carbons (Fsp3) is 0.0476. The van der Waals surface area contributed by atoms with Gasteiger partial charge in [-0.3, -0.25) is 9.11 Å². The van der Waals surface area contributed by atoms with Crippen LogP contribution in [0.25, 0.3) is 32.7 Å². The molecule has 0 aromatic heterocycles. The van der Waals surface area contributed by atoms with Crippen molar-refractivity contribution in [1.82, 2.24) is 0 Å². The van der Waals surface area contributed by atoms with Crippen LogP contribution in [0.1, 0.15) is 0 Å². The summed E-state index contributed by atoms with van der Waals surface area (Å²) in [5.41, 5.74) is -1.49. The van der Waals surface area contributed by atoms with Crippen LogP contribution in [0.15, 0.2) is 70.5 Å². The number of rotatable bonds is 5. The van der Waals surface area contributed by atoms with Gasteiger partial charge >= 0.3 is 14.0 Å². The third-order valence-electron chi connectivity index (χ3n) is 5.55. The minimum Gasteiger partial charge on any atom is -0.446 e. The maximum Gasteiger partial charge on any atom is 0.489 e. The maximum absolute atomic E-state index is 12.6. The third-order valence-corrected chi connectivity index (χ3v) is 7.47. The van der Waals surface area contributed by atoms with Crippen molar-refractivity contribution in [1.29, 1.82) is 0 Å². The first kappa shape index (κ1) is 24.4. The summed E-state index contributed by atoms with van der Waals surface area (Å²) < 4.78 is 70.8. The van der Waals surface area contributed by atoms with Crippen LogP contribution in [-0.2, 0) is 20.2 Å². The SMILES string of the molecule is CB(O)c1cc2ccccc2c(-c2c(S(=O)(=O)O)c(B(O)O)cc3ccccc23)c1S(=O)(=O)O. The Bertz CT molecular complexity index is 1540. The molecule has 0 fully saturated rings. The lowest BCUT2D eigenvalue weighted by molar-refractivity contribution is 0.423. The molecular formula is C21H18B2O9S2. The summed E-state index contributed by atoms with van der Waals surface area (Å²) >= 11 is 0. The van der Waals surface area contributed by atoms with Gasteiger partial charge in [0.05, 0.1) is 4.90 Å². The number of fused-ring (bicyclic) bond motifs is 2. The van der Waals surface area contributed by atoms with Crippen molar-refractivity contribution in [2.45, 2.75) is 16.6 Å². The van der Waals surface area contributed by atoms with Gasteiger partial charge in [-0.25, -0.2) is 0 Å². The van der Waals surface area contributed by atoms with Crippen LogP contribution in [0.4, 0.5) is 0 Å². The molecule has 34 heavy (non-hydrogen) atoms. The van der Waals surface area contributed by atoms with E-state index in [0.29, 0.717) is 10.8 Å². The summed E-state index contributed by atoms with van der Waals surface area (Å²) in [5.74, 6) is 0. The van der Waals surface area contributed by atoms with Crippen molar-refractivity contribution in [3.8, 4) is 11.1 Å². The summed E-state index contributed by atoms with van der Waals surface area (Å²) in [6.45, 7) is -0.120. The molecule has 0 atom stereocenters. The quantitative estimate of drug-likeness (QED) is 0.195. The molecule has 0 spiro atoms. The van der Waals surface area contributed by atoms with Crippen LogP contribution < -0.4 is 10.9 Å². The second-order valence-corrected chi connectivity index (χ2v) is 10.5. The van der Waals surface area contributed by atoms with Gasteiger partial charge in [0.15, 0.2) is 0 Å². The van der Waals surface area contributed by atoms with Crippen molar-refractivity contribution in [2.75, 3.05) is 0 Å². The predicted molar refractivity (Wildman–Crippen MR) is 130 cm³/mol. The zero-order chi connectivity index (χ0) is 25.0. The molecule has 0 aliphatic heterocycles. The zero-order valence-electron chi connectivity index (χ0n) is 17.6. The van der Waals surface area contributed by atoms with Crippen molar-refractivity contribution in [3.05, 3.63) is 60.7 Å². The summed E-state index contributed by atoms with van der Waals surface area (Å²) in [7, 11) is -12.6. The van der Waals surface area contributed by atoms with Crippen LogP contribution in [0.3, 0.4) is 0 Å². The van der Waals surface area contributed by atoms with E-state index in [2.05, 4.69) is 0 Å². The van der Waals surface area contributed by atoms with Gasteiger partial charge in [-0.2, -0.15) is 16.8 Å². The van der Waals surface area contributed by atoms with Gasteiger partial charge in [0.2, 0.25) is 0 Å². The largest absolute Gasteiger partial charge is 0.489 e. The van der Waals surface area contributed by atoms with Gasteiger partial charge in [-0.05, 0) is 27.0 Å². The molecule has 9 nitrogen and oxygen atoms in total. The fourth-order valence-electron chi connectivity index (χ4n) is 4.25. The van der Waals surface area contributed by atoms with Crippen LogP contribution in [0.5, 0.6) is 0 Å². The van der Waals surface area contributed by atoms with E-state index in [1.54, 1.807) is 30.3 Å². The normalized spacial score (nSPS) is 12.3. The molecule has 0 aliphatic rings. The highest BCUT2D eigenvalue weighted by molar-refractivity contribution is 7.86. The van der Waals surface area contributed by atoms with Crippen LogP contribution >= 0.6 is 0 Å². The monoisotopic (exact) mass is 500 g/mol. The molecule has 0 saturated heterocycles. The van der Waals surface area contributed by atoms with E-state index in [4.69, 9.17) is 0 Å². The Morgan fingerprint density at radius 2 is 1.03 bits per heavy atom. The van der Waals surface area contributed by atoms with Gasteiger partial charge in [-0.1, -0.05) is 67.5 Å². The van der Waals surface area contributed by atoms with E-state index < -0.39 is 49.5 Å². The predicted octanol–water partition coefficient (Wildman–Crippen LogP) is 0.654. The van der Waals surface area contributed by atoms with Crippen molar-refractivity contribution < 1.29 is 41.0 Å². The highest BCUT2D eigenvalue weighted by Gasteiger charge is 2.35. The van der Waals surface area contributed by atoms with Crippen molar-refractivity contribution in [2.24, 2.45) is 0 Å². The molecule has 0 bridgehead atoms. The van der Waals surface area contributed by atoms with E-state index in [9.17, 15) is 41.0 Å². The molecule has 0 aliphatic carbocycles. The van der Waals surface area contributed by atoms with Crippen LogP contribution in [0, 0.1) is 0 Å². The molecular weight excluding hydrogens is 482 g/mol. The smallest absolute Gasteiger partial charge is 0.446 e. The Kier molecular flexibility index (Phi) is 6.07. The second-order valence-electron chi connectivity index (χ2n) is 7.78. The molecule has 174 valence electrons. The first-order chi connectivity index (χ1) is 15.8. The number of hydrogen-bond acceptors (Lipinski definition) is 7. The molecule has 0 unspecified atom stereocenters. The molecule has 0 radical (unpaired) electrons. The maximum atomic E-state index is 12.6. The molecule has 4 aromatic carbocycles. The van der Waals surface area contributed by atoms with Crippen LogP contribution in [0.2, 0.25) is 6.82 Å². The van der Waals surface area contributed by atoms with E-state index >= 15 is 0 Å². The number of benzene rings is 4. The fourth-order valence-corrected chi connectivity index (χ4v) is 6.18. The summed E-state index contributed by atoms with van der Waals surface area (Å²) in [4.78, 5) is -1.69. The highest BCUT2D eigenvalue weighted by atomic mass is 32.2. The Balaban J connectivity index is 2.46. The number of hydrogen-bond donors (Lipinski definition) is 5. The van der Waals surface area contributed by atoms with E-state index in [1.807, 2.05) is 0 Å². The minimum absolute atomic E-state index is 0.150. The average Bonchev–Trinajstić information content (AvgIpc) is 2.75.